The topological polar surface area (TPSA) is 59.8 Å². The Morgan fingerprint density at radius 1 is 1.29 bits per heavy atom. The van der Waals surface area contributed by atoms with E-state index in [1.807, 2.05) is 20.8 Å². The highest BCUT2D eigenvalue weighted by molar-refractivity contribution is 6.35. The van der Waals surface area contributed by atoms with Crippen molar-refractivity contribution in [2.75, 3.05) is 5.32 Å². The maximum Gasteiger partial charge on any atom is 0.226 e. The molecule has 0 radical (unpaired) electrons. The third-order valence-corrected chi connectivity index (χ3v) is 3.39. The van der Waals surface area contributed by atoms with Crippen LogP contribution < -0.4 is 5.32 Å². The third kappa shape index (κ3) is 4.19. The van der Waals surface area contributed by atoms with Gasteiger partial charge in [-0.2, -0.15) is 5.10 Å². The number of amides is 1. The molecule has 1 heterocycles. The van der Waals surface area contributed by atoms with Crippen LogP contribution in [-0.2, 0) is 4.79 Å². The van der Waals surface area contributed by atoms with Gasteiger partial charge in [-0.3, -0.25) is 4.79 Å². The lowest BCUT2D eigenvalue weighted by molar-refractivity contribution is -0.116. The average Bonchev–Trinajstić information content (AvgIpc) is 2.66. The highest BCUT2D eigenvalue weighted by Gasteiger charge is 2.15. The summed E-state index contributed by atoms with van der Waals surface area (Å²) in [4.78, 5) is 16.3. The van der Waals surface area contributed by atoms with E-state index in [1.165, 1.54) is 0 Å². The lowest BCUT2D eigenvalue weighted by Crippen LogP contribution is -2.19. The molecule has 0 saturated carbocycles. The molecular weight excluding hydrogens is 311 g/mol. The first kappa shape index (κ1) is 15.8. The van der Waals surface area contributed by atoms with Gasteiger partial charge in [0, 0.05) is 22.2 Å². The Morgan fingerprint density at radius 2 is 1.90 bits per heavy atom. The molecule has 1 amide bonds. The number of nitrogens with zero attached hydrogens (tertiary/aromatic N) is 3. The summed E-state index contributed by atoms with van der Waals surface area (Å²) in [6.45, 7) is 5.61. The van der Waals surface area contributed by atoms with Crippen LogP contribution >= 0.6 is 23.2 Å². The summed E-state index contributed by atoms with van der Waals surface area (Å²) in [7, 11) is 0. The highest BCUT2D eigenvalue weighted by Crippen LogP contribution is 2.23. The standard InChI is InChI=1S/C14H16Cl2N4O/c1-8(20-10(3)17-9(2)19-20)4-14(21)18-13-6-11(15)5-12(16)7-13/h5-8H,4H2,1-3H3,(H,18,21)/t8-/m1/s1. The molecule has 21 heavy (non-hydrogen) atoms. The van der Waals surface area contributed by atoms with Gasteiger partial charge in [0.1, 0.15) is 11.6 Å². The summed E-state index contributed by atoms with van der Waals surface area (Å²) in [5.74, 6) is 1.35. The monoisotopic (exact) mass is 326 g/mol. The first-order valence-corrected chi connectivity index (χ1v) is 7.26. The predicted octanol–water partition coefficient (Wildman–Crippen LogP) is 3.79. The van der Waals surface area contributed by atoms with Crippen molar-refractivity contribution < 1.29 is 4.79 Å². The van der Waals surface area contributed by atoms with E-state index in [2.05, 4.69) is 15.4 Å². The molecule has 1 aromatic carbocycles. The molecule has 1 atom stereocenters. The number of aryl methyl sites for hydroxylation is 2. The van der Waals surface area contributed by atoms with Crippen molar-refractivity contribution in [3.8, 4) is 0 Å². The molecule has 0 unspecified atom stereocenters. The summed E-state index contributed by atoms with van der Waals surface area (Å²) in [6.07, 6.45) is 0.285. The maximum absolute atomic E-state index is 12.1. The van der Waals surface area contributed by atoms with Crippen molar-refractivity contribution in [1.29, 1.82) is 0 Å². The van der Waals surface area contributed by atoms with E-state index in [4.69, 9.17) is 23.2 Å². The van der Waals surface area contributed by atoms with Crippen LogP contribution in [0, 0.1) is 13.8 Å². The van der Waals surface area contributed by atoms with E-state index in [-0.39, 0.29) is 18.4 Å². The molecular formula is C14H16Cl2N4O. The number of carbonyl (C=O) groups excluding carboxylic acids is 1. The number of hydrogen-bond donors (Lipinski definition) is 1. The fraction of sp³-hybridized carbons (Fsp3) is 0.357. The molecule has 1 N–H and O–H groups in total. The summed E-state index contributed by atoms with van der Waals surface area (Å²) < 4.78 is 1.75. The van der Waals surface area contributed by atoms with Crippen LogP contribution in [0.25, 0.3) is 0 Å². The third-order valence-electron chi connectivity index (χ3n) is 2.95. The number of anilines is 1. The van der Waals surface area contributed by atoms with Gasteiger partial charge in [0.25, 0.3) is 0 Å². The van der Waals surface area contributed by atoms with Crippen LogP contribution in [0.4, 0.5) is 5.69 Å². The van der Waals surface area contributed by atoms with Gasteiger partial charge in [-0.05, 0) is 39.0 Å². The SMILES string of the molecule is Cc1nc(C)n([C@H](C)CC(=O)Nc2cc(Cl)cc(Cl)c2)n1. The lowest BCUT2D eigenvalue weighted by Gasteiger charge is -2.13. The van der Waals surface area contributed by atoms with Crippen molar-refractivity contribution in [2.24, 2.45) is 0 Å². The number of halogens is 2. The van der Waals surface area contributed by atoms with Crippen LogP contribution in [0.3, 0.4) is 0 Å². The Kier molecular flexibility index (Phi) is 4.85. The largest absolute Gasteiger partial charge is 0.326 e. The fourth-order valence-corrected chi connectivity index (χ4v) is 2.67. The minimum absolute atomic E-state index is 0.0825. The maximum atomic E-state index is 12.1. The Hall–Kier alpha value is -1.59. The molecule has 2 aromatic rings. The fourth-order valence-electron chi connectivity index (χ4n) is 2.15. The normalized spacial score (nSPS) is 12.2. The van der Waals surface area contributed by atoms with Gasteiger partial charge < -0.3 is 5.32 Å². The van der Waals surface area contributed by atoms with E-state index in [1.54, 1.807) is 22.9 Å². The Morgan fingerprint density at radius 3 is 2.43 bits per heavy atom. The number of aromatic nitrogens is 3. The van der Waals surface area contributed by atoms with Crippen LogP contribution in [0.5, 0.6) is 0 Å². The van der Waals surface area contributed by atoms with Crippen molar-refractivity contribution >= 4 is 34.8 Å². The van der Waals surface area contributed by atoms with Crippen LogP contribution in [0.2, 0.25) is 10.0 Å². The van der Waals surface area contributed by atoms with Crippen molar-refractivity contribution in [3.05, 3.63) is 39.9 Å². The van der Waals surface area contributed by atoms with E-state index in [9.17, 15) is 4.79 Å². The zero-order valence-corrected chi connectivity index (χ0v) is 13.5. The summed E-state index contributed by atoms with van der Waals surface area (Å²) >= 11 is 11.8. The van der Waals surface area contributed by atoms with Gasteiger partial charge in [-0.1, -0.05) is 23.2 Å². The average molecular weight is 327 g/mol. The molecule has 112 valence electrons. The quantitative estimate of drug-likeness (QED) is 0.929. The number of benzene rings is 1. The molecule has 0 bridgehead atoms. The molecule has 0 aliphatic heterocycles. The first-order valence-electron chi connectivity index (χ1n) is 6.51. The molecule has 5 nitrogen and oxygen atoms in total. The van der Waals surface area contributed by atoms with Gasteiger partial charge in [0.15, 0.2) is 0 Å². The van der Waals surface area contributed by atoms with Crippen LogP contribution in [0.1, 0.15) is 31.0 Å². The number of hydrogen-bond acceptors (Lipinski definition) is 3. The van der Waals surface area contributed by atoms with Gasteiger partial charge in [0.2, 0.25) is 5.91 Å². The zero-order chi connectivity index (χ0) is 15.6. The minimum Gasteiger partial charge on any atom is -0.326 e. The van der Waals surface area contributed by atoms with Gasteiger partial charge in [-0.25, -0.2) is 9.67 Å². The zero-order valence-electron chi connectivity index (χ0n) is 12.0. The summed E-state index contributed by atoms with van der Waals surface area (Å²) in [6, 6.07) is 4.84. The van der Waals surface area contributed by atoms with Gasteiger partial charge in [-0.15, -0.1) is 0 Å². The van der Waals surface area contributed by atoms with Crippen LogP contribution in [-0.4, -0.2) is 20.7 Å². The highest BCUT2D eigenvalue weighted by atomic mass is 35.5. The molecule has 0 spiro atoms. The lowest BCUT2D eigenvalue weighted by atomic mass is 10.2. The molecule has 7 heteroatoms. The van der Waals surface area contributed by atoms with E-state index >= 15 is 0 Å². The first-order chi connectivity index (χ1) is 9.85. The number of rotatable bonds is 4. The van der Waals surface area contributed by atoms with Crippen molar-refractivity contribution in [1.82, 2.24) is 14.8 Å². The van der Waals surface area contributed by atoms with Crippen LogP contribution in [0.15, 0.2) is 18.2 Å². The van der Waals surface area contributed by atoms with E-state index in [0.717, 1.165) is 5.82 Å². The van der Waals surface area contributed by atoms with Gasteiger partial charge >= 0.3 is 0 Å². The second kappa shape index (κ2) is 6.45. The van der Waals surface area contributed by atoms with E-state index in [0.29, 0.717) is 21.6 Å². The Labute approximate surface area is 133 Å². The predicted molar refractivity (Wildman–Crippen MR) is 83.9 cm³/mol. The number of nitrogens with one attached hydrogen (secondary N) is 1. The molecule has 0 aliphatic rings. The van der Waals surface area contributed by atoms with Crippen molar-refractivity contribution in [3.63, 3.8) is 0 Å². The molecule has 2 rings (SSSR count). The van der Waals surface area contributed by atoms with E-state index < -0.39 is 0 Å². The number of carbonyl (C=O) groups is 1. The molecule has 0 saturated heterocycles. The molecule has 0 fully saturated rings. The molecule has 0 aliphatic carbocycles. The Balaban J connectivity index is 2.03. The Bertz CT molecular complexity index is 649. The minimum atomic E-state index is -0.131. The van der Waals surface area contributed by atoms with Gasteiger partial charge in [0.05, 0.1) is 6.04 Å². The smallest absolute Gasteiger partial charge is 0.226 e. The summed E-state index contributed by atoms with van der Waals surface area (Å²) in [5.41, 5.74) is 0.580. The second-order valence-corrected chi connectivity index (χ2v) is 5.78. The molecule has 1 aromatic heterocycles. The van der Waals surface area contributed by atoms with Crippen molar-refractivity contribution in [2.45, 2.75) is 33.2 Å². The summed E-state index contributed by atoms with van der Waals surface area (Å²) in [5, 5.41) is 8.02. The second-order valence-electron chi connectivity index (χ2n) is 4.91.